The molecule has 0 spiro atoms. The maximum absolute atomic E-state index is 5.29. The van der Waals surface area contributed by atoms with Gasteiger partial charge in [0, 0.05) is 38.1 Å². The number of hydrogen-bond acceptors (Lipinski definition) is 3. The number of nitrogens with one attached hydrogen (secondary N) is 1. The summed E-state index contributed by atoms with van der Waals surface area (Å²) in [6.45, 7) is 5.59. The molecule has 0 fully saturated rings. The molecule has 0 amide bonds. The van der Waals surface area contributed by atoms with Crippen molar-refractivity contribution >= 4 is 11.4 Å². The van der Waals surface area contributed by atoms with Crippen molar-refractivity contribution in [3.63, 3.8) is 0 Å². The summed E-state index contributed by atoms with van der Waals surface area (Å²) in [5.74, 6) is 0. The lowest BCUT2D eigenvalue weighted by Crippen LogP contribution is -2.12. The molecule has 0 atom stereocenters. The zero-order valence-electron chi connectivity index (χ0n) is 10.1. The van der Waals surface area contributed by atoms with Crippen LogP contribution in [-0.4, -0.2) is 33.4 Å². The molecule has 1 heterocycles. The first-order valence-electron chi connectivity index (χ1n) is 5.97. The molecule has 0 bridgehead atoms. The van der Waals surface area contributed by atoms with Crippen LogP contribution in [0.1, 0.15) is 12.5 Å². The van der Waals surface area contributed by atoms with Gasteiger partial charge in [0.25, 0.3) is 0 Å². The molecule has 3 nitrogen and oxygen atoms in total. The van der Waals surface area contributed by atoms with Gasteiger partial charge in [-0.3, -0.25) is 0 Å². The lowest BCUT2D eigenvalue weighted by atomic mass is 10.1. The second-order valence-corrected chi connectivity index (χ2v) is 4.14. The van der Waals surface area contributed by atoms with Crippen LogP contribution in [-0.2, 0) is 11.2 Å². The molecule has 3 heteroatoms. The fourth-order valence-electron chi connectivity index (χ4n) is 2.09. The average Bonchev–Trinajstić information content (AvgIpc) is 2.66. The van der Waals surface area contributed by atoms with Crippen molar-refractivity contribution in [2.75, 3.05) is 43.6 Å². The lowest BCUT2D eigenvalue weighted by Gasteiger charge is -2.13. The van der Waals surface area contributed by atoms with Crippen molar-refractivity contribution in [2.24, 2.45) is 0 Å². The maximum atomic E-state index is 5.29. The van der Waals surface area contributed by atoms with Crippen molar-refractivity contribution in [1.29, 1.82) is 0 Å². The average molecular weight is 220 g/mol. The number of likely N-dealkylation sites (N-methyl/N-ethyl adjacent to an activating group) is 1. The van der Waals surface area contributed by atoms with Crippen LogP contribution in [0, 0.1) is 0 Å². The highest BCUT2D eigenvalue weighted by molar-refractivity contribution is 5.63. The first-order valence-corrected chi connectivity index (χ1v) is 5.97. The van der Waals surface area contributed by atoms with E-state index in [2.05, 4.69) is 35.5 Å². The van der Waals surface area contributed by atoms with Gasteiger partial charge >= 0.3 is 0 Å². The molecule has 1 N–H and O–H groups in total. The SMILES string of the molecule is CCOCCNc1ccc2c(c1)CCN2C. The molecule has 88 valence electrons. The van der Waals surface area contributed by atoms with Crippen molar-refractivity contribution in [2.45, 2.75) is 13.3 Å². The molecule has 0 aromatic heterocycles. The Morgan fingerprint density at radius 1 is 1.44 bits per heavy atom. The van der Waals surface area contributed by atoms with E-state index in [4.69, 9.17) is 4.74 Å². The summed E-state index contributed by atoms with van der Waals surface area (Å²) in [5.41, 5.74) is 4.02. The third-order valence-electron chi connectivity index (χ3n) is 2.99. The second kappa shape index (κ2) is 5.21. The number of ether oxygens (including phenoxy) is 1. The van der Waals surface area contributed by atoms with E-state index in [1.165, 1.54) is 16.9 Å². The number of nitrogens with zero attached hydrogens (tertiary/aromatic N) is 1. The molecule has 0 saturated carbocycles. The number of anilines is 2. The van der Waals surface area contributed by atoms with E-state index in [1.807, 2.05) is 6.92 Å². The number of benzene rings is 1. The van der Waals surface area contributed by atoms with Crippen LogP contribution in [0.3, 0.4) is 0 Å². The van der Waals surface area contributed by atoms with Crippen LogP contribution in [0.4, 0.5) is 11.4 Å². The molecule has 0 saturated heterocycles. The van der Waals surface area contributed by atoms with E-state index in [9.17, 15) is 0 Å². The van der Waals surface area contributed by atoms with Gasteiger partial charge in [-0.05, 0) is 37.1 Å². The quantitative estimate of drug-likeness (QED) is 0.769. The summed E-state index contributed by atoms with van der Waals surface area (Å²) < 4.78 is 5.29. The topological polar surface area (TPSA) is 24.5 Å². The zero-order chi connectivity index (χ0) is 11.4. The van der Waals surface area contributed by atoms with Crippen LogP contribution in [0.5, 0.6) is 0 Å². The lowest BCUT2D eigenvalue weighted by molar-refractivity contribution is 0.158. The predicted molar refractivity (Wildman–Crippen MR) is 68.4 cm³/mol. The minimum absolute atomic E-state index is 0.771. The van der Waals surface area contributed by atoms with E-state index < -0.39 is 0 Å². The second-order valence-electron chi connectivity index (χ2n) is 4.14. The third-order valence-corrected chi connectivity index (χ3v) is 2.99. The van der Waals surface area contributed by atoms with Crippen molar-refractivity contribution in [3.05, 3.63) is 23.8 Å². The maximum Gasteiger partial charge on any atom is 0.0638 e. The van der Waals surface area contributed by atoms with Gasteiger partial charge in [0.15, 0.2) is 0 Å². The Bertz CT molecular complexity index is 352. The minimum Gasteiger partial charge on any atom is -0.383 e. The molecule has 16 heavy (non-hydrogen) atoms. The summed E-state index contributed by atoms with van der Waals surface area (Å²) in [4.78, 5) is 2.30. The third kappa shape index (κ3) is 2.47. The Labute approximate surface area is 97.4 Å². The van der Waals surface area contributed by atoms with Crippen LogP contribution in [0.15, 0.2) is 18.2 Å². The van der Waals surface area contributed by atoms with Crippen LogP contribution < -0.4 is 10.2 Å². The van der Waals surface area contributed by atoms with Gasteiger partial charge in [0.2, 0.25) is 0 Å². The molecular weight excluding hydrogens is 200 g/mol. The monoisotopic (exact) mass is 220 g/mol. The smallest absolute Gasteiger partial charge is 0.0638 e. The number of fused-ring (bicyclic) bond motifs is 1. The Morgan fingerprint density at radius 2 is 2.31 bits per heavy atom. The van der Waals surface area contributed by atoms with Crippen molar-refractivity contribution in [3.8, 4) is 0 Å². The Morgan fingerprint density at radius 3 is 3.12 bits per heavy atom. The Balaban J connectivity index is 1.92. The highest BCUT2D eigenvalue weighted by Gasteiger charge is 2.15. The van der Waals surface area contributed by atoms with E-state index in [1.54, 1.807) is 0 Å². The predicted octanol–water partition coefficient (Wildman–Crippen LogP) is 2.13. The first kappa shape index (κ1) is 11.3. The molecule has 1 aliphatic rings. The summed E-state index contributed by atoms with van der Waals surface area (Å²) in [6.07, 6.45) is 1.16. The van der Waals surface area contributed by atoms with Crippen molar-refractivity contribution < 1.29 is 4.74 Å². The fourth-order valence-corrected chi connectivity index (χ4v) is 2.09. The molecule has 2 rings (SSSR count). The van der Waals surface area contributed by atoms with E-state index >= 15 is 0 Å². The largest absolute Gasteiger partial charge is 0.383 e. The van der Waals surface area contributed by atoms with Crippen LogP contribution in [0.25, 0.3) is 0 Å². The van der Waals surface area contributed by atoms with Gasteiger partial charge in [0.1, 0.15) is 0 Å². The molecule has 1 aromatic rings. The number of rotatable bonds is 5. The molecule has 0 unspecified atom stereocenters. The van der Waals surface area contributed by atoms with Crippen LogP contribution >= 0.6 is 0 Å². The summed E-state index contributed by atoms with van der Waals surface area (Å²) in [7, 11) is 2.15. The van der Waals surface area contributed by atoms with Gasteiger partial charge in [-0.15, -0.1) is 0 Å². The molecule has 0 radical (unpaired) electrons. The highest BCUT2D eigenvalue weighted by atomic mass is 16.5. The van der Waals surface area contributed by atoms with Gasteiger partial charge in [-0.25, -0.2) is 0 Å². The summed E-state index contributed by atoms with van der Waals surface area (Å²) >= 11 is 0. The summed E-state index contributed by atoms with van der Waals surface area (Å²) in [6, 6.07) is 6.60. The zero-order valence-corrected chi connectivity index (χ0v) is 10.1. The molecule has 0 aliphatic carbocycles. The van der Waals surface area contributed by atoms with E-state index in [0.717, 1.165) is 32.7 Å². The minimum atomic E-state index is 0.771. The Kier molecular flexibility index (Phi) is 3.67. The Hall–Kier alpha value is -1.22. The van der Waals surface area contributed by atoms with Crippen LogP contribution in [0.2, 0.25) is 0 Å². The fraction of sp³-hybridized carbons (Fsp3) is 0.538. The molecule has 1 aromatic carbocycles. The summed E-state index contributed by atoms with van der Waals surface area (Å²) in [5, 5.41) is 3.38. The van der Waals surface area contributed by atoms with E-state index in [-0.39, 0.29) is 0 Å². The molecular formula is C13H20N2O. The van der Waals surface area contributed by atoms with Gasteiger partial charge in [0.05, 0.1) is 6.61 Å². The van der Waals surface area contributed by atoms with Gasteiger partial charge < -0.3 is 15.0 Å². The van der Waals surface area contributed by atoms with Gasteiger partial charge in [-0.1, -0.05) is 0 Å². The standard InChI is InChI=1S/C13H20N2O/c1-3-16-9-7-14-12-4-5-13-11(10-12)6-8-15(13)2/h4-5,10,14H,3,6-9H2,1-2H3. The first-order chi connectivity index (χ1) is 7.81. The molecule has 1 aliphatic heterocycles. The normalized spacial score (nSPS) is 14.0. The van der Waals surface area contributed by atoms with Crippen molar-refractivity contribution in [1.82, 2.24) is 0 Å². The van der Waals surface area contributed by atoms with E-state index in [0.29, 0.717) is 0 Å². The van der Waals surface area contributed by atoms with Gasteiger partial charge in [-0.2, -0.15) is 0 Å². The highest BCUT2D eigenvalue weighted by Crippen LogP contribution is 2.28. The number of hydrogen-bond donors (Lipinski definition) is 1.